The Balaban J connectivity index is 1.65. The van der Waals surface area contributed by atoms with Crippen LogP contribution in [-0.2, 0) is 0 Å². The second-order valence-corrected chi connectivity index (χ2v) is 5.80. The predicted molar refractivity (Wildman–Crippen MR) is 68.7 cm³/mol. The van der Waals surface area contributed by atoms with E-state index in [2.05, 4.69) is 22.9 Å². The third-order valence-corrected chi connectivity index (χ3v) is 4.24. The first-order valence-corrected chi connectivity index (χ1v) is 6.99. The summed E-state index contributed by atoms with van der Waals surface area (Å²) in [5.74, 6) is 1.24. The Kier molecular flexibility index (Phi) is 4.77. The van der Waals surface area contributed by atoms with Gasteiger partial charge in [-0.3, -0.25) is 0 Å². The Labute approximate surface area is 104 Å². The van der Waals surface area contributed by atoms with E-state index in [-0.39, 0.29) is 6.04 Å². The molecule has 2 aliphatic heterocycles. The molecule has 0 spiro atoms. The summed E-state index contributed by atoms with van der Waals surface area (Å²) >= 11 is 0. The number of alkyl halides is 1. The molecule has 3 N–H and O–H groups in total. The molecule has 3 atom stereocenters. The lowest BCUT2D eigenvalue weighted by molar-refractivity contribution is 0.155. The first kappa shape index (κ1) is 13.2. The standard InChI is InChI=1S/C13H26FN3/c1-9-13(14)5-11(6-15-9)3-4-12-7-16-10(2)17-8-12/h9-13,15-17H,3-8H2,1-2H3. The van der Waals surface area contributed by atoms with Crippen molar-refractivity contribution in [2.45, 2.75) is 51.5 Å². The molecule has 3 unspecified atom stereocenters. The van der Waals surface area contributed by atoms with E-state index in [1.807, 2.05) is 6.92 Å². The SMILES string of the molecule is CC1NCC(CCC2CNC(C)C(F)C2)CN1. The fourth-order valence-corrected chi connectivity index (χ4v) is 2.81. The van der Waals surface area contributed by atoms with Crippen LogP contribution in [0.15, 0.2) is 0 Å². The molecule has 2 fully saturated rings. The minimum Gasteiger partial charge on any atom is -0.311 e. The molecule has 100 valence electrons. The van der Waals surface area contributed by atoms with Crippen LogP contribution in [0.1, 0.15) is 33.1 Å². The number of rotatable bonds is 3. The van der Waals surface area contributed by atoms with E-state index in [1.54, 1.807) is 0 Å². The number of piperidine rings is 1. The zero-order valence-electron chi connectivity index (χ0n) is 11.0. The highest BCUT2D eigenvalue weighted by Gasteiger charge is 2.27. The second-order valence-electron chi connectivity index (χ2n) is 5.80. The predicted octanol–water partition coefficient (Wildman–Crippen LogP) is 1.26. The van der Waals surface area contributed by atoms with Crippen LogP contribution in [-0.4, -0.2) is 38.0 Å². The minimum absolute atomic E-state index is 0.0464. The molecule has 0 aliphatic carbocycles. The lowest BCUT2D eigenvalue weighted by Gasteiger charge is -2.33. The number of hydrogen-bond acceptors (Lipinski definition) is 3. The smallest absolute Gasteiger partial charge is 0.115 e. The number of halogens is 1. The molecule has 2 saturated heterocycles. The van der Waals surface area contributed by atoms with Gasteiger partial charge in [-0.2, -0.15) is 0 Å². The molecule has 0 bridgehead atoms. The van der Waals surface area contributed by atoms with Crippen molar-refractivity contribution in [3.63, 3.8) is 0 Å². The van der Waals surface area contributed by atoms with Crippen LogP contribution < -0.4 is 16.0 Å². The van der Waals surface area contributed by atoms with Crippen molar-refractivity contribution in [2.24, 2.45) is 11.8 Å². The van der Waals surface area contributed by atoms with Gasteiger partial charge in [-0.1, -0.05) is 0 Å². The summed E-state index contributed by atoms with van der Waals surface area (Å²) in [5.41, 5.74) is 0. The molecular formula is C13H26FN3. The highest BCUT2D eigenvalue weighted by Crippen LogP contribution is 2.23. The monoisotopic (exact) mass is 243 g/mol. The highest BCUT2D eigenvalue weighted by molar-refractivity contribution is 4.84. The van der Waals surface area contributed by atoms with Gasteiger partial charge in [0, 0.05) is 19.1 Å². The van der Waals surface area contributed by atoms with Crippen LogP contribution in [0.25, 0.3) is 0 Å². The lowest BCUT2D eigenvalue weighted by atomic mass is 9.87. The summed E-state index contributed by atoms with van der Waals surface area (Å²) in [6.45, 7) is 7.28. The van der Waals surface area contributed by atoms with Crippen LogP contribution >= 0.6 is 0 Å². The molecule has 0 aromatic carbocycles. The van der Waals surface area contributed by atoms with E-state index < -0.39 is 6.17 Å². The van der Waals surface area contributed by atoms with Gasteiger partial charge < -0.3 is 16.0 Å². The summed E-state index contributed by atoms with van der Waals surface area (Å²) in [6.07, 6.45) is 2.90. The molecule has 0 aromatic heterocycles. The van der Waals surface area contributed by atoms with Crippen molar-refractivity contribution in [2.75, 3.05) is 19.6 Å². The van der Waals surface area contributed by atoms with Crippen LogP contribution in [0.3, 0.4) is 0 Å². The van der Waals surface area contributed by atoms with Crippen molar-refractivity contribution in [1.82, 2.24) is 16.0 Å². The fraction of sp³-hybridized carbons (Fsp3) is 1.00. The van der Waals surface area contributed by atoms with Crippen LogP contribution in [0, 0.1) is 11.8 Å². The third-order valence-electron chi connectivity index (χ3n) is 4.24. The molecule has 0 amide bonds. The Morgan fingerprint density at radius 1 is 0.941 bits per heavy atom. The van der Waals surface area contributed by atoms with E-state index in [0.717, 1.165) is 32.5 Å². The molecule has 3 nitrogen and oxygen atoms in total. The Bertz CT molecular complexity index is 229. The summed E-state index contributed by atoms with van der Waals surface area (Å²) in [4.78, 5) is 0. The molecule has 0 saturated carbocycles. The Morgan fingerprint density at radius 3 is 2.18 bits per heavy atom. The number of nitrogens with one attached hydrogen (secondary N) is 3. The molecule has 2 rings (SSSR count). The van der Waals surface area contributed by atoms with Crippen molar-refractivity contribution in [3.05, 3.63) is 0 Å². The molecule has 2 aliphatic rings. The van der Waals surface area contributed by atoms with Crippen LogP contribution in [0.2, 0.25) is 0 Å². The van der Waals surface area contributed by atoms with Crippen LogP contribution in [0.4, 0.5) is 4.39 Å². The Morgan fingerprint density at radius 2 is 1.53 bits per heavy atom. The maximum Gasteiger partial charge on any atom is 0.115 e. The van der Waals surface area contributed by atoms with Gasteiger partial charge in [0.05, 0.1) is 6.17 Å². The zero-order valence-corrected chi connectivity index (χ0v) is 11.0. The highest BCUT2D eigenvalue weighted by atomic mass is 19.1. The van der Waals surface area contributed by atoms with Gasteiger partial charge in [0.25, 0.3) is 0 Å². The molecular weight excluding hydrogens is 217 g/mol. The van der Waals surface area contributed by atoms with Gasteiger partial charge in [0.15, 0.2) is 0 Å². The van der Waals surface area contributed by atoms with Crippen molar-refractivity contribution >= 4 is 0 Å². The van der Waals surface area contributed by atoms with Gasteiger partial charge in [-0.15, -0.1) is 0 Å². The van der Waals surface area contributed by atoms with Crippen LogP contribution in [0.5, 0.6) is 0 Å². The molecule has 2 heterocycles. The molecule has 4 heteroatoms. The second kappa shape index (κ2) is 6.12. The van der Waals surface area contributed by atoms with Gasteiger partial charge >= 0.3 is 0 Å². The average molecular weight is 243 g/mol. The lowest BCUT2D eigenvalue weighted by Crippen LogP contribution is -2.51. The molecule has 0 radical (unpaired) electrons. The van der Waals surface area contributed by atoms with Crippen molar-refractivity contribution < 1.29 is 4.39 Å². The van der Waals surface area contributed by atoms with Gasteiger partial charge in [0.1, 0.15) is 6.17 Å². The van der Waals surface area contributed by atoms with E-state index in [9.17, 15) is 4.39 Å². The maximum atomic E-state index is 13.6. The third kappa shape index (κ3) is 3.90. The van der Waals surface area contributed by atoms with Gasteiger partial charge in [-0.25, -0.2) is 4.39 Å². The van der Waals surface area contributed by atoms with E-state index >= 15 is 0 Å². The van der Waals surface area contributed by atoms with E-state index in [1.165, 1.54) is 6.42 Å². The normalized spacial score (nSPS) is 43.6. The average Bonchev–Trinajstić information content (AvgIpc) is 2.33. The quantitative estimate of drug-likeness (QED) is 0.698. The van der Waals surface area contributed by atoms with Gasteiger partial charge in [-0.05, 0) is 51.5 Å². The van der Waals surface area contributed by atoms with Crippen molar-refractivity contribution in [1.29, 1.82) is 0 Å². The van der Waals surface area contributed by atoms with Gasteiger partial charge in [0.2, 0.25) is 0 Å². The summed E-state index contributed by atoms with van der Waals surface area (Å²) < 4.78 is 13.6. The largest absolute Gasteiger partial charge is 0.311 e. The Hall–Kier alpha value is -0.190. The summed E-state index contributed by atoms with van der Waals surface area (Å²) in [5, 5.41) is 10.1. The van der Waals surface area contributed by atoms with Crippen molar-refractivity contribution in [3.8, 4) is 0 Å². The topological polar surface area (TPSA) is 36.1 Å². The first-order valence-electron chi connectivity index (χ1n) is 6.99. The minimum atomic E-state index is -0.656. The summed E-state index contributed by atoms with van der Waals surface area (Å²) in [7, 11) is 0. The van der Waals surface area contributed by atoms with E-state index in [0.29, 0.717) is 18.0 Å². The summed E-state index contributed by atoms with van der Waals surface area (Å²) in [6, 6.07) is 0.0464. The fourth-order valence-electron chi connectivity index (χ4n) is 2.81. The maximum absolute atomic E-state index is 13.6. The number of hydrogen-bond donors (Lipinski definition) is 3. The zero-order chi connectivity index (χ0) is 12.3. The first-order chi connectivity index (χ1) is 8.15. The molecule has 17 heavy (non-hydrogen) atoms. The molecule has 0 aromatic rings. The van der Waals surface area contributed by atoms with E-state index in [4.69, 9.17) is 0 Å².